The fourth-order valence-electron chi connectivity index (χ4n) is 3.07. The molecule has 2 aromatic heterocycles. The van der Waals surface area contributed by atoms with E-state index in [1.807, 2.05) is 48.5 Å². The lowest BCUT2D eigenvalue weighted by Gasteiger charge is -2.04. The van der Waals surface area contributed by atoms with Crippen LogP contribution in [0.25, 0.3) is 27.7 Å². The van der Waals surface area contributed by atoms with Gasteiger partial charge in [-0.1, -0.05) is 24.3 Å². The number of imidazole rings is 1. The van der Waals surface area contributed by atoms with Gasteiger partial charge >= 0.3 is 0 Å². The van der Waals surface area contributed by atoms with Crippen molar-refractivity contribution in [2.45, 2.75) is 12.6 Å². The van der Waals surface area contributed by atoms with Crippen LogP contribution in [0.1, 0.15) is 0 Å². The van der Waals surface area contributed by atoms with E-state index >= 15 is 0 Å². The molecule has 2 aromatic carbocycles. The Morgan fingerprint density at radius 3 is 2.64 bits per heavy atom. The second-order valence-electron chi connectivity index (χ2n) is 5.62. The topological polar surface area (TPSA) is 51.8 Å². The summed E-state index contributed by atoms with van der Waals surface area (Å²) in [5.74, 6) is 0.681. The summed E-state index contributed by atoms with van der Waals surface area (Å²) in [7, 11) is 0. The van der Waals surface area contributed by atoms with Crippen molar-refractivity contribution in [1.29, 1.82) is 0 Å². The van der Waals surface area contributed by atoms with E-state index in [-0.39, 0.29) is 11.7 Å². The third-order valence-electron chi connectivity index (χ3n) is 4.20. The van der Waals surface area contributed by atoms with E-state index in [0.29, 0.717) is 11.2 Å². The average molecular weight is 291 g/mol. The minimum absolute atomic E-state index is 0.0211. The Morgan fingerprint density at radius 1 is 1.09 bits per heavy atom. The molecule has 0 aliphatic carbocycles. The zero-order valence-electron chi connectivity index (χ0n) is 11.8. The lowest BCUT2D eigenvalue weighted by Crippen LogP contribution is -2.16. The summed E-state index contributed by atoms with van der Waals surface area (Å²) < 4.78 is 9.15. The van der Waals surface area contributed by atoms with Gasteiger partial charge in [0.2, 0.25) is 5.78 Å². The Bertz CT molecular complexity index is 1090. The molecule has 5 heteroatoms. The fourth-order valence-corrected chi connectivity index (χ4v) is 3.07. The van der Waals surface area contributed by atoms with Crippen molar-refractivity contribution in [1.82, 2.24) is 14.0 Å². The minimum Gasteiger partial charge on any atom is -0.371 e. The largest absolute Gasteiger partial charge is 0.371 e. The number of hydrogen-bond donors (Lipinski definition) is 0. The first-order valence-corrected chi connectivity index (χ1v) is 7.33. The van der Waals surface area contributed by atoms with E-state index in [1.165, 1.54) is 0 Å². The lowest BCUT2D eigenvalue weighted by molar-refractivity contribution is 0.387. The molecule has 22 heavy (non-hydrogen) atoms. The zero-order chi connectivity index (χ0) is 14.7. The van der Waals surface area contributed by atoms with Gasteiger partial charge in [0, 0.05) is 0 Å². The summed E-state index contributed by atoms with van der Waals surface area (Å²) in [5.41, 5.74) is 2.61. The first kappa shape index (κ1) is 11.9. The molecule has 1 unspecified atom stereocenters. The second-order valence-corrected chi connectivity index (χ2v) is 5.62. The molecule has 1 atom stereocenters. The zero-order valence-corrected chi connectivity index (χ0v) is 11.8. The Morgan fingerprint density at radius 2 is 1.82 bits per heavy atom. The Hall–Kier alpha value is -2.66. The molecule has 0 saturated carbocycles. The molecule has 1 aliphatic rings. The highest BCUT2D eigenvalue weighted by Gasteiger charge is 2.26. The van der Waals surface area contributed by atoms with Crippen LogP contribution in [0.15, 0.2) is 53.3 Å². The third kappa shape index (κ3) is 1.57. The summed E-state index contributed by atoms with van der Waals surface area (Å²) in [5, 5.41) is 0.644. The maximum atomic E-state index is 12.9. The predicted octanol–water partition coefficient (Wildman–Crippen LogP) is 2.20. The molecule has 0 bridgehead atoms. The van der Waals surface area contributed by atoms with Crippen LogP contribution in [0.3, 0.4) is 0 Å². The van der Waals surface area contributed by atoms with Crippen molar-refractivity contribution >= 4 is 27.7 Å². The highest BCUT2D eigenvalue weighted by Crippen LogP contribution is 2.23. The maximum Gasteiger partial charge on any atom is 0.267 e. The van der Waals surface area contributed by atoms with Crippen LogP contribution >= 0.6 is 0 Å². The van der Waals surface area contributed by atoms with Crippen molar-refractivity contribution in [3.05, 3.63) is 58.9 Å². The van der Waals surface area contributed by atoms with Gasteiger partial charge in [-0.3, -0.25) is 4.79 Å². The van der Waals surface area contributed by atoms with Gasteiger partial charge < -0.3 is 9.30 Å². The number of fused-ring (bicyclic) bond motifs is 4. The molecule has 4 aromatic rings. The molecule has 1 aliphatic heterocycles. The molecule has 1 saturated heterocycles. The van der Waals surface area contributed by atoms with Crippen LogP contribution in [0.2, 0.25) is 0 Å². The smallest absolute Gasteiger partial charge is 0.267 e. The van der Waals surface area contributed by atoms with Crippen molar-refractivity contribution in [3.8, 4) is 0 Å². The minimum atomic E-state index is -0.0211. The molecule has 0 radical (unpaired) electrons. The third-order valence-corrected chi connectivity index (χ3v) is 4.20. The quantitative estimate of drug-likeness (QED) is 0.532. The van der Waals surface area contributed by atoms with Gasteiger partial charge in [-0.2, -0.15) is 0 Å². The number of aromatic nitrogens is 3. The molecule has 0 N–H and O–H groups in total. The van der Waals surface area contributed by atoms with Crippen molar-refractivity contribution in [2.75, 3.05) is 6.61 Å². The number of ether oxygens (including phenoxy) is 1. The Kier molecular flexibility index (Phi) is 2.27. The Labute approximate surface area is 125 Å². The van der Waals surface area contributed by atoms with Crippen LogP contribution < -0.4 is 5.56 Å². The van der Waals surface area contributed by atoms with E-state index in [1.54, 1.807) is 4.40 Å². The summed E-state index contributed by atoms with van der Waals surface area (Å²) in [6, 6.07) is 15.4. The van der Waals surface area contributed by atoms with Crippen LogP contribution in [-0.2, 0) is 11.3 Å². The summed E-state index contributed by atoms with van der Waals surface area (Å²) in [4.78, 5) is 17.6. The van der Waals surface area contributed by atoms with Crippen LogP contribution in [0.4, 0.5) is 0 Å². The van der Waals surface area contributed by atoms with Crippen molar-refractivity contribution < 1.29 is 4.74 Å². The highest BCUT2D eigenvalue weighted by molar-refractivity contribution is 5.85. The molecule has 108 valence electrons. The highest BCUT2D eigenvalue weighted by atomic mass is 16.6. The standard InChI is InChI=1S/C17H13N3O2/c21-16-12-5-1-2-6-13(12)18-17-19(9-11-10-22-11)14-7-3-4-8-15(14)20(16)17/h1-8,11H,9-10H2. The van der Waals surface area contributed by atoms with Crippen LogP contribution in [-0.4, -0.2) is 26.7 Å². The molecular weight excluding hydrogens is 278 g/mol. The van der Waals surface area contributed by atoms with Gasteiger partial charge in [-0.05, 0) is 24.3 Å². The van der Waals surface area contributed by atoms with E-state index in [2.05, 4.69) is 4.57 Å². The van der Waals surface area contributed by atoms with Crippen LogP contribution in [0.5, 0.6) is 0 Å². The van der Waals surface area contributed by atoms with Crippen LogP contribution in [0, 0.1) is 0 Å². The number of nitrogens with zero attached hydrogens (tertiary/aromatic N) is 3. The normalized spacial score (nSPS) is 17.5. The molecule has 0 amide bonds. The average Bonchev–Trinajstić information content (AvgIpc) is 3.32. The van der Waals surface area contributed by atoms with Gasteiger partial charge in [-0.15, -0.1) is 0 Å². The predicted molar refractivity (Wildman–Crippen MR) is 84.2 cm³/mol. The van der Waals surface area contributed by atoms with Gasteiger partial charge in [0.1, 0.15) is 0 Å². The van der Waals surface area contributed by atoms with Crippen molar-refractivity contribution in [2.24, 2.45) is 0 Å². The lowest BCUT2D eigenvalue weighted by atomic mass is 10.2. The van der Waals surface area contributed by atoms with E-state index in [4.69, 9.17) is 9.72 Å². The SMILES string of the molecule is O=c1c2ccccc2nc2n(CC3CO3)c3ccccc3n12. The summed E-state index contributed by atoms with van der Waals surface area (Å²) in [6.45, 7) is 1.50. The number of rotatable bonds is 2. The fraction of sp³-hybridized carbons (Fsp3) is 0.176. The number of benzene rings is 2. The first-order valence-electron chi connectivity index (χ1n) is 7.33. The van der Waals surface area contributed by atoms with E-state index in [9.17, 15) is 4.79 Å². The number of hydrogen-bond acceptors (Lipinski definition) is 3. The van der Waals surface area contributed by atoms with Gasteiger partial charge in [-0.25, -0.2) is 9.38 Å². The molecule has 5 rings (SSSR count). The molecule has 5 nitrogen and oxygen atoms in total. The van der Waals surface area contributed by atoms with Gasteiger partial charge in [0.05, 0.1) is 41.2 Å². The maximum absolute atomic E-state index is 12.9. The monoisotopic (exact) mass is 291 g/mol. The molecule has 0 spiro atoms. The summed E-state index contributed by atoms with van der Waals surface area (Å²) >= 11 is 0. The molecule has 1 fully saturated rings. The van der Waals surface area contributed by atoms with Crippen molar-refractivity contribution in [3.63, 3.8) is 0 Å². The van der Waals surface area contributed by atoms with E-state index < -0.39 is 0 Å². The second kappa shape index (κ2) is 4.18. The molecule has 3 heterocycles. The number of epoxide rings is 1. The molecular formula is C17H13N3O2. The number of para-hydroxylation sites is 3. The Balaban J connectivity index is 2.01. The van der Waals surface area contributed by atoms with Gasteiger partial charge in [0.25, 0.3) is 5.56 Å². The summed E-state index contributed by atoms with van der Waals surface area (Å²) in [6.07, 6.45) is 0.225. The van der Waals surface area contributed by atoms with E-state index in [0.717, 1.165) is 29.7 Å². The first-order chi connectivity index (χ1) is 10.8. The van der Waals surface area contributed by atoms with Gasteiger partial charge in [0.15, 0.2) is 0 Å².